The van der Waals surface area contributed by atoms with Crippen molar-refractivity contribution in [3.05, 3.63) is 52.9 Å². The molecule has 116 valence electrons. The molecule has 1 amide bonds. The maximum atomic E-state index is 12.2. The summed E-state index contributed by atoms with van der Waals surface area (Å²) in [5, 5.41) is 3.52. The Morgan fingerprint density at radius 2 is 1.86 bits per heavy atom. The highest BCUT2D eigenvalue weighted by Gasteiger charge is 2.11. The average molecular weight is 319 g/mol. The Labute approximate surface area is 135 Å². The van der Waals surface area contributed by atoms with Gasteiger partial charge in [0, 0.05) is 30.7 Å². The van der Waals surface area contributed by atoms with E-state index in [0.717, 1.165) is 24.5 Å². The number of benzene rings is 1. The van der Waals surface area contributed by atoms with E-state index in [1.165, 1.54) is 6.33 Å². The highest BCUT2D eigenvalue weighted by molar-refractivity contribution is 6.30. The first-order valence-corrected chi connectivity index (χ1v) is 7.61. The molecule has 0 saturated carbocycles. The van der Waals surface area contributed by atoms with Crippen LogP contribution >= 0.6 is 11.6 Å². The van der Waals surface area contributed by atoms with Gasteiger partial charge in [-0.1, -0.05) is 23.7 Å². The van der Waals surface area contributed by atoms with Crippen LogP contribution in [0.2, 0.25) is 5.02 Å². The third-order valence-corrected chi connectivity index (χ3v) is 3.59. The van der Waals surface area contributed by atoms with Gasteiger partial charge in [-0.2, -0.15) is 0 Å². The normalized spacial score (nSPS) is 10.3. The molecule has 5 nitrogen and oxygen atoms in total. The van der Waals surface area contributed by atoms with Crippen molar-refractivity contribution in [1.29, 1.82) is 0 Å². The number of amides is 1. The van der Waals surface area contributed by atoms with E-state index in [2.05, 4.69) is 20.2 Å². The van der Waals surface area contributed by atoms with Gasteiger partial charge in [0.2, 0.25) is 0 Å². The van der Waals surface area contributed by atoms with Gasteiger partial charge in [0.05, 0.1) is 0 Å². The summed E-state index contributed by atoms with van der Waals surface area (Å²) in [6, 6.07) is 9.07. The number of carbonyl (C=O) groups is 1. The highest BCUT2D eigenvalue weighted by atomic mass is 35.5. The van der Waals surface area contributed by atoms with E-state index in [1.54, 1.807) is 18.2 Å². The van der Waals surface area contributed by atoms with Crippen molar-refractivity contribution in [3.8, 4) is 0 Å². The predicted molar refractivity (Wildman–Crippen MR) is 88.2 cm³/mol. The Morgan fingerprint density at radius 3 is 2.50 bits per heavy atom. The van der Waals surface area contributed by atoms with E-state index in [4.69, 9.17) is 11.6 Å². The first-order chi connectivity index (χ1) is 10.6. The SMILES string of the molecule is CCN(CC)c1cc(C(=O)NCc2ccc(Cl)cc2)ncn1. The second-order valence-electron chi connectivity index (χ2n) is 4.74. The lowest BCUT2D eigenvalue weighted by Gasteiger charge is -2.19. The van der Waals surface area contributed by atoms with Gasteiger partial charge in [0.1, 0.15) is 17.8 Å². The minimum Gasteiger partial charge on any atom is -0.357 e. The number of nitrogens with zero attached hydrogens (tertiary/aromatic N) is 3. The van der Waals surface area contributed by atoms with Crippen molar-refractivity contribution >= 4 is 23.3 Å². The van der Waals surface area contributed by atoms with E-state index >= 15 is 0 Å². The first-order valence-electron chi connectivity index (χ1n) is 7.23. The monoisotopic (exact) mass is 318 g/mol. The van der Waals surface area contributed by atoms with Crippen LogP contribution in [0, 0.1) is 0 Å². The predicted octanol–water partition coefficient (Wildman–Crippen LogP) is 2.91. The number of halogens is 1. The standard InChI is InChI=1S/C16H19ClN4O/c1-3-21(4-2)15-9-14(19-11-20-15)16(22)18-10-12-5-7-13(17)8-6-12/h5-9,11H,3-4,10H2,1-2H3,(H,18,22). The second kappa shape index (κ2) is 7.75. The molecule has 1 aromatic heterocycles. The molecule has 0 radical (unpaired) electrons. The maximum Gasteiger partial charge on any atom is 0.270 e. The zero-order chi connectivity index (χ0) is 15.9. The molecule has 0 aliphatic rings. The van der Waals surface area contributed by atoms with Crippen LogP contribution in [0.4, 0.5) is 5.82 Å². The van der Waals surface area contributed by atoms with Crippen LogP contribution in [0.5, 0.6) is 0 Å². The fraction of sp³-hybridized carbons (Fsp3) is 0.312. The number of aromatic nitrogens is 2. The first kappa shape index (κ1) is 16.2. The van der Waals surface area contributed by atoms with Crippen molar-refractivity contribution in [2.45, 2.75) is 20.4 Å². The number of rotatable bonds is 6. The van der Waals surface area contributed by atoms with Gasteiger partial charge >= 0.3 is 0 Å². The van der Waals surface area contributed by atoms with Crippen molar-refractivity contribution in [2.24, 2.45) is 0 Å². The third kappa shape index (κ3) is 4.18. The van der Waals surface area contributed by atoms with Gasteiger partial charge in [-0.25, -0.2) is 9.97 Å². The molecule has 2 aromatic rings. The van der Waals surface area contributed by atoms with Crippen LogP contribution in [-0.2, 0) is 6.54 Å². The minimum absolute atomic E-state index is 0.217. The van der Waals surface area contributed by atoms with Crippen molar-refractivity contribution in [3.63, 3.8) is 0 Å². The zero-order valence-electron chi connectivity index (χ0n) is 12.7. The van der Waals surface area contributed by atoms with Gasteiger partial charge < -0.3 is 10.2 Å². The smallest absolute Gasteiger partial charge is 0.270 e. The lowest BCUT2D eigenvalue weighted by atomic mass is 10.2. The fourth-order valence-corrected chi connectivity index (χ4v) is 2.19. The van der Waals surface area contributed by atoms with Gasteiger partial charge in [-0.15, -0.1) is 0 Å². The number of carbonyl (C=O) groups excluding carboxylic acids is 1. The van der Waals surface area contributed by atoms with Crippen LogP contribution < -0.4 is 10.2 Å². The molecule has 6 heteroatoms. The summed E-state index contributed by atoms with van der Waals surface area (Å²) < 4.78 is 0. The maximum absolute atomic E-state index is 12.2. The molecule has 1 aromatic carbocycles. The van der Waals surface area contributed by atoms with Crippen molar-refractivity contribution in [2.75, 3.05) is 18.0 Å². The van der Waals surface area contributed by atoms with E-state index in [9.17, 15) is 4.79 Å². The molecule has 0 atom stereocenters. The summed E-state index contributed by atoms with van der Waals surface area (Å²) in [4.78, 5) is 22.5. The lowest BCUT2D eigenvalue weighted by molar-refractivity contribution is 0.0945. The van der Waals surface area contributed by atoms with Crippen molar-refractivity contribution < 1.29 is 4.79 Å². The quantitative estimate of drug-likeness (QED) is 0.889. The fourth-order valence-electron chi connectivity index (χ4n) is 2.07. The number of anilines is 1. The summed E-state index contributed by atoms with van der Waals surface area (Å²) in [6.07, 6.45) is 1.42. The number of nitrogens with one attached hydrogen (secondary N) is 1. The van der Waals surface area contributed by atoms with Crippen molar-refractivity contribution in [1.82, 2.24) is 15.3 Å². The molecule has 2 rings (SSSR count). The van der Waals surface area contributed by atoms with Gasteiger partial charge in [-0.3, -0.25) is 4.79 Å². The molecule has 1 N–H and O–H groups in total. The lowest BCUT2D eigenvalue weighted by Crippen LogP contribution is -2.26. The largest absolute Gasteiger partial charge is 0.357 e. The molecule has 22 heavy (non-hydrogen) atoms. The van der Waals surface area contributed by atoms with E-state index in [-0.39, 0.29) is 5.91 Å². The molecular weight excluding hydrogens is 300 g/mol. The van der Waals surface area contributed by atoms with Gasteiger partial charge in [-0.05, 0) is 31.5 Å². The topological polar surface area (TPSA) is 58.1 Å². The summed E-state index contributed by atoms with van der Waals surface area (Å²) in [6.45, 7) is 6.19. The summed E-state index contributed by atoms with van der Waals surface area (Å²) in [5.41, 5.74) is 1.35. The highest BCUT2D eigenvalue weighted by Crippen LogP contribution is 2.11. The molecule has 0 fully saturated rings. The average Bonchev–Trinajstić information content (AvgIpc) is 2.55. The molecule has 0 bridgehead atoms. The third-order valence-electron chi connectivity index (χ3n) is 3.34. The molecule has 0 unspecified atom stereocenters. The molecule has 0 aliphatic heterocycles. The van der Waals surface area contributed by atoms with Crippen LogP contribution in [-0.4, -0.2) is 29.0 Å². The minimum atomic E-state index is -0.217. The summed E-state index contributed by atoms with van der Waals surface area (Å²) >= 11 is 5.84. The van der Waals surface area contributed by atoms with E-state index < -0.39 is 0 Å². The van der Waals surface area contributed by atoms with Crippen LogP contribution in [0.3, 0.4) is 0 Å². The van der Waals surface area contributed by atoms with Crippen LogP contribution in [0.1, 0.15) is 29.9 Å². The Bertz CT molecular complexity index is 626. The molecule has 1 heterocycles. The Balaban J connectivity index is 2.03. The zero-order valence-corrected chi connectivity index (χ0v) is 13.5. The van der Waals surface area contributed by atoms with Gasteiger partial charge in [0.15, 0.2) is 0 Å². The molecule has 0 saturated heterocycles. The summed E-state index contributed by atoms with van der Waals surface area (Å²) in [5.74, 6) is 0.544. The summed E-state index contributed by atoms with van der Waals surface area (Å²) in [7, 11) is 0. The number of hydrogen-bond acceptors (Lipinski definition) is 4. The van der Waals surface area contributed by atoms with Crippen LogP contribution in [0.25, 0.3) is 0 Å². The van der Waals surface area contributed by atoms with Gasteiger partial charge in [0.25, 0.3) is 5.91 Å². The Hall–Kier alpha value is -2.14. The Morgan fingerprint density at radius 1 is 1.18 bits per heavy atom. The Kier molecular flexibility index (Phi) is 5.72. The molecular formula is C16H19ClN4O. The van der Waals surface area contributed by atoms with E-state index in [1.807, 2.05) is 26.0 Å². The molecule has 0 spiro atoms. The van der Waals surface area contributed by atoms with E-state index in [0.29, 0.717) is 17.3 Å². The molecule has 0 aliphatic carbocycles. The second-order valence-corrected chi connectivity index (χ2v) is 5.18. The number of hydrogen-bond donors (Lipinski definition) is 1. The van der Waals surface area contributed by atoms with Crippen LogP contribution in [0.15, 0.2) is 36.7 Å².